The molecule has 0 unspecified atom stereocenters. The number of halogens is 2. The van der Waals surface area contributed by atoms with Gasteiger partial charge in [-0.05, 0) is 18.2 Å². The minimum Gasteiger partial charge on any atom is -0.289 e. The summed E-state index contributed by atoms with van der Waals surface area (Å²) in [7, 11) is 0. The summed E-state index contributed by atoms with van der Waals surface area (Å²) >= 11 is 5.79. The smallest absolute Gasteiger partial charge is 0.258 e. The summed E-state index contributed by atoms with van der Waals surface area (Å²) in [6, 6.07) is 3.64. The molecule has 1 aromatic rings. The van der Waals surface area contributed by atoms with Gasteiger partial charge in [-0.25, -0.2) is 4.39 Å². The summed E-state index contributed by atoms with van der Waals surface area (Å²) in [5.74, 6) is -1.59. The zero-order chi connectivity index (χ0) is 11.0. The second kappa shape index (κ2) is 3.47. The van der Waals surface area contributed by atoms with Crippen LogP contribution in [0.4, 0.5) is 4.39 Å². The van der Waals surface area contributed by atoms with Crippen molar-refractivity contribution in [1.82, 2.24) is 5.32 Å². The minimum atomic E-state index is -0.562. The Balaban J connectivity index is 2.54. The topological polar surface area (TPSA) is 46.2 Å². The molecule has 1 N–H and O–H groups in total. The van der Waals surface area contributed by atoms with Crippen molar-refractivity contribution in [2.75, 3.05) is 0 Å². The number of carbonyl (C=O) groups excluding carboxylic acids is 2. The first kappa shape index (κ1) is 9.86. The number of benzene rings is 1. The number of nitrogens with one attached hydrogen (secondary N) is 1. The van der Waals surface area contributed by atoms with Crippen molar-refractivity contribution in [2.24, 2.45) is 0 Å². The normalized spacial score (nSPS) is 15.2. The van der Waals surface area contributed by atoms with E-state index in [-0.39, 0.29) is 16.2 Å². The first-order valence-corrected chi connectivity index (χ1v) is 4.48. The van der Waals surface area contributed by atoms with Crippen LogP contribution in [0.1, 0.15) is 5.56 Å². The number of imide groups is 1. The van der Waals surface area contributed by atoms with Crippen LogP contribution >= 0.6 is 11.6 Å². The zero-order valence-electron chi connectivity index (χ0n) is 7.38. The molecule has 76 valence electrons. The molecule has 0 spiro atoms. The van der Waals surface area contributed by atoms with E-state index in [0.717, 1.165) is 12.1 Å². The third-order valence-electron chi connectivity index (χ3n) is 1.98. The van der Waals surface area contributed by atoms with Crippen LogP contribution in [0.3, 0.4) is 0 Å². The van der Waals surface area contributed by atoms with Gasteiger partial charge in [0.05, 0.1) is 5.57 Å². The summed E-state index contributed by atoms with van der Waals surface area (Å²) in [5.41, 5.74) is 0.310. The van der Waals surface area contributed by atoms with Crippen LogP contribution in [0.15, 0.2) is 24.3 Å². The molecule has 5 heteroatoms. The van der Waals surface area contributed by atoms with Crippen molar-refractivity contribution in [3.05, 3.63) is 40.7 Å². The Morgan fingerprint density at radius 2 is 2.00 bits per heavy atom. The molecular weight excluding hydrogens is 221 g/mol. The Kier molecular flexibility index (Phi) is 2.28. The monoisotopic (exact) mass is 225 g/mol. The molecule has 15 heavy (non-hydrogen) atoms. The molecule has 3 nitrogen and oxygen atoms in total. The van der Waals surface area contributed by atoms with Crippen LogP contribution in [0.5, 0.6) is 0 Å². The van der Waals surface area contributed by atoms with Gasteiger partial charge in [0, 0.05) is 16.7 Å². The molecule has 2 amide bonds. The standard InChI is InChI=1S/C10H5ClFNO2/c11-8-2-1-5(12)3-6(8)7-4-9(14)13-10(7)15/h1-4H,(H,13,14,15). The van der Waals surface area contributed by atoms with Gasteiger partial charge in [0.2, 0.25) is 0 Å². The number of rotatable bonds is 1. The van der Waals surface area contributed by atoms with E-state index in [9.17, 15) is 14.0 Å². The van der Waals surface area contributed by atoms with E-state index in [2.05, 4.69) is 5.32 Å². The van der Waals surface area contributed by atoms with Crippen LogP contribution < -0.4 is 5.32 Å². The highest BCUT2D eigenvalue weighted by atomic mass is 35.5. The Morgan fingerprint density at radius 1 is 1.27 bits per heavy atom. The van der Waals surface area contributed by atoms with Gasteiger partial charge in [-0.15, -0.1) is 0 Å². The molecule has 0 saturated heterocycles. The largest absolute Gasteiger partial charge is 0.289 e. The molecule has 0 aromatic heterocycles. The highest BCUT2D eigenvalue weighted by Crippen LogP contribution is 2.26. The van der Waals surface area contributed by atoms with Gasteiger partial charge in [0.1, 0.15) is 5.82 Å². The Morgan fingerprint density at radius 3 is 2.60 bits per heavy atom. The summed E-state index contributed by atoms with van der Waals surface area (Å²) < 4.78 is 12.9. The van der Waals surface area contributed by atoms with Crippen molar-refractivity contribution in [3.8, 4) is 0 Å². The summed E-state index contributed by atoms with van der Waals surface area (Å²) in [4.78, 5) is 22.2. The highest BCUT2D eigenvalue weighted by Gasteiger charge is 2.23. The molecule has 1 aliphatic heterocycles. The number of hydrogen-bond acceptors (Lipinski definition) is 2. The Labute approximate surface area is 89.5 Å². The van der Waals surface area contributed by atoms with Crippen molar-refractivity contribution >= 4 is 29.0 Å². The van der Waals surface area contributed by atoms with E-state index in [0.29, 0.717) is 0 Å². The third-order valence-corrected chi connectivity index (χ3v) is 2.30. The van der Waals surface area contributed by atoms with Crippen molar-refractivity contribution < 1.29 is 14.0 Å². The quantitative estimate of drug-likeness (QED) is 0.737. The number of carbonyl (C=O) groups is 2. The maximum Gasteiger partial charge on any atom is 0.258 e. The van der Waals surface area contributed by atoms with E-state index in [1.54, 1.807) is 0 Å². The second-order valence-electron chi connectivity index (χ2n) is 3.00. The van der Waals surface area contributed by atoms with Crippen LogP contribution in [-0.4, -0.2) is 11.8 Å². The molecular formula is C10H5ClFNO2. The predicted molar refractivity (Wildman–Crippen MR) is 52.5 cm³/mol. The molecule has 1 aromatic carbocycles. The fraction of sp³-hybridized carbons (Fsp3) is 0. The average Bonchev–Trinajstić information content (AvgIpc) is 2.50. The molecule has 0 radical (unpaired) electrons. The lowest BCUT2D eigenvalue weighted by atomic mass is 10.1. The molecule has 0 atom stereocenters. The average molecular weight is 226 g/mol. The SMILES string of the molecule is O=C1C=C(c2cc(F)ccc2Cl)C(=O)N1. The van der Waals surface area contributed by atoms with E-state index < -0.39 is 17.6 Å². The van der Waals surface area contributed by atoms with Crippen LogP contribution in [0, 0.1) is 5.82 Å². The molecule has 0 bridgehead atoms. The molecule has 0 fully saturated rings. The van der Waals surface area contributed by atoms with Gasteiger partial charge < -0.3 is 0 Å². The lowest BCUT2D eigenvalue weighted by Gasteiger charge is -2.02. The third kappa shape index (κ3) is 1.76. The lowest BCUT2D eigenvalue weighted by molar-refractivity contribution is -0.123. The number of amides is 2. The van der Waals surface area contributed by atoms with Gasteiger partial charge in [-0.3, -0.25) is 14.9 Å². The summed E-state index contributed by atoms with van der Waals surface area (Å²) in [6.07, 6.45) is 1.10. The van der Waals surface area contributed by atoms with Gasteiger partial charge in [-0.2, -0.15) is 0 Å². The lowest BCUT2D eigenvalue weighted by Crippen LogP contribution is -2.21. The van der Waals surface area contributed by atoms with Gasteiger partial charge in [0.25, 0.3) is 11.8 Å². The van der Waals surface area contributed by atoms with Gasteiger partial charge >= 0.3 is 0 Å². The maximum absolute atomic E-state index is 12.9. The first-order valence-electron chi connectivity index (χ1n) is 4.10. The predicted octanol–water partition coefficient (Wildman–Crippen LogP) is 1.52. The van der Waals surface area contributed by atoms with Gasteiger partial charge in [0.15, 0.2) is 0 Å². The maximum atomic E-state index is 12.9. The highest BCUT2D eigenvalue weighted by molar-refractivity contribution is 6.39. The van der Waals surface area contributed by atoms with E-state index in [4.69, 9.17) is 11.6 Å². The Bertz CT molecular complexity index is 496. The van der Waals surface area contributed by atoms with Crippen molar-refractivity contribution in [2.45, 2.75) is 0 Å². The molecule has 0 saturated carbocycles. The molecule has 2 rings (SSSR count). The molecule has 0 aliphatic carbocycles. The van der Waals surface area contributed by atoms with Crippen molar-refractivity contribution in [3.63, 3.8) is 0 Å². The molecule has 1 heterocycles. The minimum absolute atomic E-state index is 0.0875. The fourth-order valence-corrected chi connectivity index (χ4v) is 1.54. The van der Waals surface area contributed by atoms with E-state index in [1.807, 2.05) is 0 Å². The van der Waals surface area contributed by atoms with Crippen LogP contribution in [-0.2, 0) is 9.59 Å². The van der Waals surface area contributed by atoms with Crippen LogP contribution in [0.25, 0.3) is 5.57 Å². The van der Waals surface area contributed by atoms with Crippen LogP contribution in [0.2, 0.25) is 5.02 Å². The first-order chi connectivity index (χ1) is 7.08. The summed E-state index contributed by atoms with van der Waals surface area (Å²) in [6.45, 7) is 0. The van der Waals surface area contributed by atoms with Crippen molar-refractivity contribution in [1.29, 1.82) is 0 Å². The Hall–Kier alpha value is -1.68. The van der Waals surface area contributed by atoms with Gasteiger partial charge in [-0.1, -0.05) is 11.6 Å². The van der Waals surface area contributed by atoms with E-state index in [1.165, 1.54) is 12.1 Å². The second-order valence-corrected chi connectivity index (χ2v) is 3.41. The number of hydrogen-bond donors (Lipinski definition) is 1. The fourth-order valence-electron chi connectivity index (χ4n) is 1.32. The molecule has 1 aliphatic rings. The zero-order valence-corrected chi connectivity index (χ0v) is 8.14. The summed E-state index contributed by atoms with van der Waals surface area (Å²) in [5, 5.41) is 2.29. The van der Waals surface area contributed by atoms with E-state index >= 15 is 0 Å².